The van der Waals surface area contributed by atoms with Crippen LogP contribution in [0.25, 0.3) is 22.3 Å². The lowest BCUT2D eigenvalue weighted by atomic mass is 10.1. The molecule has 26 heavy (non-hydrogen) atoms. The lowest BCUT2D eigenvalue weighted by Gasteiger charge is -2.12. The SMILES string of the molecule is CC(O)c1ccc(Nc2nc(-c3cccnc3)nc3ccccc23)cc1. The molecule has 5 heteroatoms. The zero-order valence-corrected chi connectivity index (χ0v) is 14.3. The van der Waals surface area contributed by atoms with Crippen molar-refractivity contribution in [2.75, 3.05) is 5.32 Å². The fourth-order valence-electron chi connectivity index (χ4n) is 2.78. The molecule has 0 radical (unpaired) electrons. The molecule has 5 nitrogen and oxygen atoms in total. The molecule has 0 spiro atoms. The molecule has 2 N–H and O–H groups in total. The van der Waals surface area contributed by atoms with Crippen molar-refractivity contribution >= 4 is 22.4 Å². The zero-order valence-electron chi connectivity index (χ0n) is 14.3. The van der Waals surface area contributed by atoms with E-state index in [0.717, 1.165) is 33.5 Å². The van der Waals surface area contributed by atoms with Crippen LogP contribution in [-0.2, 0) is 0 Å². The number of benzene rings is 2. The zero-order chi connectivity index (χ0) is 17.9. The van der Waals surface area contributed by atoms with Gasteiger partial charge in [0.2, 0.25) is 0 Å². The molecular weight excluding hydrogens is 324 g/mol. The molecule has 0 saturated heterocycles. The van der Waals surface area contributed by atoms with Gasteiger partial charge in [-0.1, -0.05) is 24.3 Å². The number of nitrogens with one attached hydrogen (secondary N) is 1. The Morgan fingerprint density at radius 1 is 0.923 bits per heavy atom. The monoisotopic (exact) mass is 342 g/mol. The molecule has 0 bridgehead atoms. The van der Waals surface area contributed by atoms with Crippen LogP contribution in [0.4, 0.5) is 11.5 Å². The molecule has 2 heterocycles. The molecular formula is C21H18N4O. The predicted molar refractivity (Wildman–Crippen MR) is 103 cm³/mol. The highest BCUT2D eigenvalue weighted by molar-refractivity contribution is 5.92. The van der Waals surface area contributed by atoms with Gasteiger partial charge in [0.1, 0.15) is 5.82 Å². The Hall–Kier alpha value is -3.31. The number of pyridine rings is 1. The van der Waals surface area contributed by atoms with Crippen LogP contribution in [0.5, 0.6) is 0 Å². The largest absolute Gasteiger partial charge is 0.389 e. The molecule has 0 saturated carbocycles. The summed E-state index contributed by atoms with van der Waals surface area (Å²) in [7, 11) is 0. The molecule has 0 fully saturated rings. The van der Waals surface area contributed by atoms with Crippen LogP contribution in [-0.4, -0.2) is 20.1 Å². The Kier molecular flexibility index (Phi) is 4.29. The predicted octanol–water partition coefficient (Wildman–Crippen LogP) is 4.49. The number of aliphatic hydroxyl groups excluding tert-OH is 1. The van der Waals surface area contributed by atoms with Gasteiger partial charge in [0.15, 0.2) is 5.82 Å². The molecule has 2 aromatic carbocycles. The third kappa shape index (κ3) is 3.25. The van der Waals surface area contributed by atoms with Gasteiger partial charge >= 0.3 is 0 Å². The molecule has 0 amide bonds. The van der Waals surface area contributed by atoms with Crippen LogP contribution in [0.3, 0.4) is 0 Å². The summed E-state index contributed by atoms with van der Waals surface area (Å²) >= 11 is 0. The molecule has 1 atom stereocenters. The van der Waals surface area contributed by atoms with Gasteiger partial charge < -0.3 is 10.4 Å². The number of rotatable bonds is 4. The van der Waals surface area contributed by atoms with Gasteiger partial charge in [0, 0.05) is 29.0 Å². The second kappa shape index (κ2) is 6.90. The van der Waals surface area contributed by atoms with Gasteiger partial charge in [-0.3, -0.25) is 4.98 Å². The van der Waals surface area contributed by atoms with Crippen molar-refractivity contribution in [2.24, 2.45) is 0 Å². The summed E-state index contributed by atoms with van der Waals surface area (Å²) in [6.07, 6.45) is 3.00. The number of aliphatic hydroxyl groups is 1. The number of hydrogen-bond acceptors (Lipinski definition) is 5. The van der Waals surface area contributed by atoms with Crippen LogP contribution >= 0.6 is 0 Å². The Bertz CT molecular complexity index is 1030. The molecule has 0 aliphatic carbocycles. The van der Waals surface area contributed by atoms with Crippen molar-refractivity contribution in [3.63, 3.8) is 0 Å². The van der Waals surface area contributed by atoms with Gasteiger partial charge in [-0.25, -0.2) is 9.97 Å². The third-order valence-corrected chi connectivity index (χ3v) is 4.18. The fourth-order valence-corrected chi connectivity index (χ4v) is 2.78. The first kappa shape index (κ1) is 16.2. The van der Waals surface area contributed by atoms with Crippen LogP contribution in [0, 0.1) is 0 Å². The first-order chi connectivity index (χ1) is 12.7. The third-order valence-electron chi connectivity index (χ3n) is 4.18. The van der Waals surface area contributed by atoms with Gasteiger partial charge in [-0.05, 0) is 48.9 Å². The van der Waals surface area contributed by atoms with Gasteiger partial charge in [-0.15, -0.1) is 0 Å². The summed E-state index contributed by atoms with van der Waals surface area (Å²) < 4.78 is 0. The van der Waals surface area contributed by atoms with Crippen LogP contribution in [0.2, 0.25) is 0 Å². The van der Waals surface area contributed by atoms with E-state index in [2.05, 4.69) is 15.3 Å². The number of para-hydroxylation sites is 1. The second-order valence-electron chi connectivity index (χ2n) is 6.08. The molecule has 4 rings (SSSR count). The Labute approximate surface area is 151 Å². The van der Waals surface area contributed by atoms with Gasteiger partial charge in [0.25, 0.3) is 0 Å². The number of nitrogens with zero attached hydrogens (tertiary/aromatic N) is 3. The lowest BCUT2D eigenvalue weighted by molar-refractivity contribution is 0.199. The maximum absolute atomic E-state index is 9.66. The van der Waals surface area contributed by atoms with E-state index in [-0.39, 0.29) is 0 Å². The normalized spacial score (nSPS) is 12.1. The molecule has 0 aliphatic heterocycles. The molecule has 0 aliphatic rings. The minimum absolute atomic E-state index is 0.485. The van der Waals surface area contributed by atoms with Crippen LogP contribution in [0.15, 0.2) is 73.1 Å². The minimum Gasteiger partial charge on any atom is -0.389 e. The van der Waals surface area contributed by atoms with Crippen molar-refractivity contribution in [1.29, 1.82) is 0 Å². The summed E-state index contributed by atoms with van der Waals surface area (Å²) in [6.45, 7) is 1.75. The quantitative estimate of drug-likeness (QED) is 0.572. The van der Waals surface area contributed by atoms with E-state index in [4.69, 9.17) is 4.98 Å². The Balaban J connectivity index is 1.78. The van der Waals surface area contributed by atoms with Crippen molar-refractivity contribution in [3.8, 4) is 11.4 Å². The molecule has 2 aromatic heterocycles. The highest BCUT2D eigenvalue weighted by Crippen LogP contribution is 2.27. The van der Waals surface area contributed by atoms with E-state index in [1.807, 2.05) is 60.7 Å². The Morgan fingerprint density at radius 2 is 1.73 bits per heavy atom. The highest BCUT2D eigenvalue weighted by Gasteiger charge is 2.10. The minimum atomic E-state index is -0.485. The van der Waals surface area contributed by atoms with Crippen molar-refractivity contribution in [2.45, 2.75) is 13.0 Å². The van der Waals surface area contributed by atoms with Gasteiger partial charge in [-0.2, -0.15) is 0 Å². The second-order valence-corrected chi connectivity index (χ2v) is 6.08. The van der Waals surface area contributed by atoms with Gasteiger partial charge in [0.05, 0.1) is 11.6 Å². The maximum Gasteiger partial charge on any atom is 0.163 e. The first-order valence-electron chi connectivity index (χ1n) is 8.43. The summed E-state index contributed by atoms with van der Waals surface area (Å²) in [5.74, 6) is 1.36. The smallest absolute Gasteiger partial charge is 0.163 e. The first-order valence-corrected chi connectivity index (χ1v) is 8.43. The number of hydrogen-bond donors (Lipinski definition) is 2. The van der Waals surface area contributed by atoms with Crippen LogP contribution < -0.4 is 5.32 Å². The average Bonchev–Trinajstić information content (AvgIpc) is 2.69. The van der Waals surface area contributed by atoms with E-state index in [0.29, 0.717) is 5.82 Å². The average molecular weight is 342 g/mol. The number of aromatic nitrogens is 3. The van der Waals surface area contributed by atoms with E-state index in [1.54, 1.807) is 19.3 Å². The van der Waals surface area contributed by atoms with E-state index in [1.165, 1.54) is 0 Å². The topological polar surface area (TPSA) is 70.9 Å². The highest BCUT2D eigenvalue weighted by atomic mass is 16.3. The molecule has 128 valence electrons. The number of anilines is 2. The maximum atomic E-state index is 9.66. The van der Waals surface area contributed by atoms with Crippen molar-refractivity contribution < 1.29 is 5.11 Å². The molecule has 4 aromatic rings. The summed E-state index contributed by atoms with van der Waals surface area (Å²) in [5, 5.41) is 14.0. The van der Waals surface area contributed by atoms with E-state index < -0.39 is 6.10 Å². The van der Waals surface area contributed by atoms with E-state index >= 15 is 0 Å². The summed E-state index contributed by atoms with van der Waals surface area (Å²) in [6, 6.07) is 19.4. The standard InChI is InChI=1S/C21H18N4O/c1-14(26)15-8-10-17(11-9-15)23-21-18-6-2-3-7-19(18)24-20(25-21)16-5-4-12-22-13-16/h2-14,26H,1H3,(H,23,24,25). The molecule has 1 unspecified atom stereocenters. The lowest BCUT2D eigenvalue weighted by Crippen LogP contribution is -2.00. The van der Waals surface area contributed by atoms with Crippen molar-refractivity contribution in [1.82, 2.24) is 15.0 Å². The fraction of sp³-hybridized carbons (Fsp3) is 0.0952. The summed E-state index contributed by atoms with van der Waals surface area (Å²) in [4.78, 5) is 13.5. The number of fused-ring (bicyclic) bond motifs is 1. The Morgan fingerprint density at radius 3 is 2.46 bits per heavy atom. The van der Waals surface area contributed by atoms with Crippen LogP contribution in [0.1, 0.15) is 18.6 Å². The van der Waals surface area contributed by atoms with Crippen molar-refractivity contribution in [3.05, 3.63) is 78.6 Å². The summed E-state index contributed by atoms with van der Waals surface area (Å²) in [5.41, 5.74) is 3.50. The van der Waals surface area contributed by atoms with E-state index in [9.17, 15) is 5.11 Å².